The number of fused-ring (bicyclic) bond motifs is 1. The van der Waals surface area contributed by atoms with E-state index in [2.05, 4.69) is 4.98 Å². The van der Waals surface area contributed by atoms with E-state index < -0.39 is 37.7 Å². The highest BCUT2D eigenvalue weighted by Crippen LogP contribution is 2.33. The van der Waals surface area contributed by atoms with Crippen LogP contribution >= 0.6 is 0 Å². The fourth-order valence-corrected chi connectivity index (χ4v) is 3.65. The van der Waals surface area contributed by atoms with E-state index in [1.54, 1.807) is 0 Å². The number of carbonyl (C=O) groups is 1. The van der Waals surface area contributed by atoms with Crippen molar-refractivity contribution in [2.24, 2.45) is 0 Å². The Labute approximate surface area is 146 Å². The third kappa shape index (κ3) is 3.05. The molecule has 1 amide bonds. The maximum absolute atomic E-state index is 13.6. The van der Waals surface area contributed by atoms with Crippen LogP contribution in [-0.4, -0.2) is 31.4 Å². The molecule has 0 radical (unpaired) electrons. The molecule has 10 heteroatoms. The van der Waals surface area contributed by atoms with E-state index in [0.717, 1.165) is 23.2 Å². The van der Waals surface area contributed by atoms with E-state index in [9.17, 15) is 30.8 Å². The fraction of sp³-hybridized carbons (Fsp3) is 0.250. The van der Waals surface area contributed by atoms with Gasteiger partial charge in [-0.3, -0.25) is 4.79 Å². The molecule has 1 aromatic heterocycles. The summed E-state index contributed by atoms with van der Waals surface area (Å²) in [6.45, 7) is 0.121. The Kier molecular flexibility index (Phi) is 4.47. The number of hydrogen-bond acceptors (Lipinski definition) is 4. The average molecular weight is 388 g/mol. The quantitative estimate of drug-likeness (QED) is 0.742. The lowest BCUT2D eigenvalue weighted by molar-refractivity contribution is -0.0438. The summed E-state index contributed by atoms with van der Waals surface area (Å²) < 4.78 is 75.7. The largest absolute Gasteiger partial charge is 0.503 e. The smallest absolute Gasteiger partial charge is 0.308 e. The van der Waals surface area contributed by atoms with Crippen molar-refractivity contribution in [2.75, 3.05) is 11.4 Å². The molecule has 0 saturated heterocycles. The SMILES string of the molecule is O=C(c1cccnc1S(=O)(=O)C(F)(F)F)N1CCCc2ccc(F)cc21. The normalized spacial score (nSPS) is 14.8. The van der Waals surface area contributed by atoms with Gasteiger partial charge in [-0.15, -0.1) is 0 Å². The second kappa shape index (κ2) is 6.35. The molecule has 1 aliphatic rings. The van der Waals surface area contributed by atoms with E-state index in [4.69, 9.17) is 0 Å². The maximum Gasteiger partial charge on any atom is 0.503 e. The van der Waals surface area contributed by atoms with Crippen LogP contribution < -0.4 is 4.90 Å². The molecule has 0 fully saturated rings. The van der Waals surface area contributed by atoms with Crippen molar-refractivity contribution in [2.45, 2.75) is 23.4 Å². The van der Waals surface area contributed by atoms with Crippen LogP contribution in [0.4, 0.5) is 23.2 Å². The van der Waals surface area contributed by atoms with Crippen LogP contribution in [0.5, 0.6) is 0 Å². The van der Waals surface area contributed by atoms with Crippen molar-refractivity contribution in [1.29, 1.82) is 0 Å². The number of hydrogen-bond donors (Lipinski definition) is 0. The van der Waals surface area contributed by atoms with E-state index in [1.165, 1.54) is 18.2 Å². The number of nitrogens with zero attached hydrogens (tertiary/aromatic N) is 2. The monoisotopic (exact) mass is 388 g/mol. The maximum atomic E-state index is 13.6. The number of pyridine rings is 1. The summed E-state index contributed by atoms with van der Waals surface area (Å²) in [6, 6.07) is 5.93. The Hall–Kier alpha value is -2.49. The van der Waals surface area contributed by atoms with Gasteiger partial charge < -0.3 is 4.90 Å². The lowest BCUT2D eigenvalue weighted by Crippen LogP contribution is -2.37. The molecule has 26 heavy (non-hydrogen) atoms. The third-order valence-electron chi connectivity index (χ3n) is 3.97. The van der Waals surface area contributed by atoms with Gasteiger partial charge in [-0.25, -0.2) is 17.8 Å². The molecule has 0 bridgehead atoms. The van der Waals surface area contributed by atoms with Crippen molar-refractivity contribution in [3.05, 3.63) is 53.5 Å². The summed E-state index contributed by atoms with van der Waals surface area (Å²) in [5.41, 5.74) is -5.44. The fourth-order valence-electron chi connectivity index (χ4n) is 2.78. The number of benzene rings is 1. The molecular formula is C16H12F4N2O3S. The highest BCUT2D eigenvalue weighted by Gasteiger charge is 2.50. The van der Waals surface area contributed by atoms with Crippen LogP contribution in [0.25, 0.3) is 0 Å². The van der Waals surface area contributed by atoms with Crippen molar-refractivity contribution in [1.82, 2.24) is 4.98 Å². The number of rotatable bonds is 2. The molecule has 0 atom stereocenters. The summed E-state index contributed by atoms with van der Waals surface area (Å²) in [4.78, 5) is 17.2. The van der Waals surface area contributed by atoms with Crippen LogP contribution in [-0.2, 0) is 16.3 Å². The molecule has 0 N–H and O–H groups in total. The van der Waals surface area contributed by atoms with Gasteiger partial charge in [-0.1, -0.05) is 6.07 Å². The zero-order chi connectivity index (χ0) is 19.1. The molecule has 2 aromatic rings. The first-order chi connectivity index (χ1) is 12.1. The molecule has 1 aliphatic heterocycles. The summed E-state index contributed by atoms with van der Waals surface area (Å²) in [6.07, 6.45) is 1.94. The summed E-state index contributed by atoms with van der Waals surface area (Å²) in [5, 5.41) is -1.36. The minimum absolute atomic E-state index is 0.121. The van der Waals surface area contributed by atoms with Crippen LogP contribution in [0.1, 0.15) is 22.3 Å². The van der Waals surface area contributed by atoms with Gasteiger partial charge in [0.1, 0.15) is 5.82 Å². The van der Waals surface area contributed by atoms with Crippen LogP contribution in [0.15, 0.2) is 41.6 Å². The average Bonchev–Trinajstić information content (AvgIpc) is 2.59. The van der Waals surface area contributed by atoms with Crippen LogP contribution in [0.3, 0.4) is 0 Å². The summed E-state index contributed by atoms with van der Waals surface area (Å²) >= 11 is 0. The van der Waals surface area contributed by atoms with E-state index in [-0.39, 0.29) is 12.2 Å². The second-order valence-electron chi connectivity index (χ2n) is 5.64. The molecule has 0 unspecified atom stereocenters. The van der Waals surface area contributed by atoms with Gasteiger partial charge in [0.15, 0.2) is 5.03 Å². The summed E-state index contributed by atoms with van der Waals surface area (Å²) in [7, 11) is -5.81. The predicted molar refractivity (Wildman–Crippen MR) is 83.9 cm³/mol. The highest BCUT2D eigenvalue weighted by atomic mass is 32.2. The topological polar surface area (TPSA) is 67.3 Å². The van der Waals surface area contributed by atoms with Crippen molar-refractivity contribution in [3.8, 4) is 0 Å². The molecule has 0 aliphatic carbocycles. The van der Waals surface area contributed by atoms with Gasteiger partial charge in [0.2, 0.25) is 0 Å². The number of carbonyl (C=O) groups excluding carboxylic acids is 1. The van der Waals surface area contributed by atoms with E-state index in [1.807, 2.05) is 0 Å². The summed E-state index contributed by atoms with van der Waals surface area (Å²) in [5.74, 6) is -1.59. The van der Waals surface area contributed by atoms with E-state index in [0.29, 0.717) is 18.4 Å². The zero-order valence-electron chi connectivity index (χ0n) is 13.1. The molecule has 5 nitrogen and oxygen atoms in total. The Bertz CT molecular complexity index is 974. The zero-order valence-corrected chi connectivity index (χ0v) is 13.9. The molecule has 0 spiro atoms. The highest BCUT2D eigenvalue weighted by molar-refractivity contribution is 7.92. The first kappa shape index (κ1) is 18.3. The number of anilines is 1. The number of halogens is 4. The number of amides is 1. The lowest BCUT2D eigenvalue weighted by Gasteiger charge is -2.30. The van der Waals surface area contributed by atoms with Gasteiger partial charge in [0.25, 0.3) is 15.7 Å². The second-order valence-corrected chi connectivity index (χ2v) is 7.50. The third-order valence-corrected chi connectivity index (χ3v) is 5.42. The molecule has 3 rings (SSSR count). The first-order valence-corrected chi connectivity index (χ1v) is 8.98. The number of aryl methyl sites for hydroxylation is 1. The Morgan fingerprint density at radius 1 is 1.19 bits per heavy atom. The first-order valence-electron chi connectivity index (χ1n) is 7.49. The Morgan fingerprint density at radius 2 is 1.92 bits per heavy atom. The molecule has 1 aromatic carbocycles. The van der Waals surface area contributed by atoms with Crippen molar-refractivity contribution < 1.29 is 30.8 Å². The number of aromatic nitrogens is 1. The van der Waals surface area contributed by atoms with E-state index >= 15 is 0 Å². The van der Waals surface area contributed by atoms with Crippen LogP contribution in [0.2, 0.25) is 0 Å². The standard InChI is InChI=1S/C16H12F4N2O3S/c17-11-6-5-10-3-2-8-22(13(10)9-11)15(23)12-4-1-7-21-14(12)26(24,25)16(18,19)20/h1,4-7,9H,2-3,8H2. The molecular weight excluding hydrogens is 376 g/mol. The van der Waals surface area contributed by atoms with Crippen molar-refractivity contribution in [3.63, 3.8) is 0 Å². The Morgan fingerprint density at radius 3 is 2.62 bits per heavy atom. The van der Waals surface area contributed by atoms with Gasteiger partial charge in [-0.05, 0) is 42.7 Å². The van der Waals surface area contributed by atoms with Gasteiger partial charge in [-0.2, -0.15) is 13.2 Å². The molecule has 138 valence electrons. The van der Waals surface area contributed by atoms with Gasteiger partial charge in [0.05, 0.1) is 11.3 Å². The van der Waals surface area contributed by atoms with Gasteiger partial charge >= 0.3 is 5.51 Å². The lowest BCUT2D eigenvalue weighted by atomic mass is 10.0. The Balaban J connectivity index is 2.11. The van der Waals surface area contributed by atoms with Gasteiger partial charge in [0, 0.05) is 12.7 Å². The van der Waals surface area contributed by atoms with Crippen molar-refractivity contribution >= 4 is 21.4 Å². The van der Waals surface area contributed by atoms with Crippen LogP contribution in [0, 0.1) is 5.82 Å². The predicted octanol–water partition coefficient (Wildman–Crippen LogP) is 3.11. The number of alkyl halides is 3. The minimum Gasteiger partial charge on any atom is -0.308 e. The molecule has 2 heterocycles. The molecule has 0 saturated carbocycles. The number of sulfone groups is 1. The minimum atomic E-state index is -5.81.